The van der Waals surface area contributed by atoms with E-state index < -0.39 is 0 Å². The molecule has 1 aliphatic heterocycles. The highest BCUT2D eigenvalue weighted by molar-refractivity contribution is 6.30. The third kappa shape index (κ3) is 3.55. The van der Waals surface area contributed by atoms with Gasteiger partial charge < -0.3 is 4.90 Å². The molecule has 7 nitrogen and oxygen atoms in total. The molecule has 1 N–H and O–H groups in total. The molecule has 3 aromatic rings. The molecule has 0 unspecified atom stereocenters. The topological polar surface area (TPSA) is 74.2 Å². The molecule has 1 aromatic carbocycles. The fourth-order valence-corrected chi connectivity index (χ4v) is 3.94. The molecule has 0 aliphatic carbocycles. The van der Waals surface area contributed by atoms with E-state index in [0.717, 1.165) is 30.2 Å². The number of halogens is 1. The van der Waals surface area contributed by atoms with Crippen LogP contribution in [0.4, 0.5) is 0 Å². The lowest BCUT2D eigenvalue weighted by Crippen LogP contribution is -2.48. The van der Waals surface area contributed by atoms with Gasteiger partial charge >= 0.3 is 0 Å². The van der Waals surface area contributed by atoms with E-state index in [0.29, 0.717) is 35.4 Å². The molecule has 8 heteroatoms. The first-order valence-corrected chi connectivity index (χ1v) is 9.62. The minimum atomic E-state index is -0.284. The van der Waals surface area contributed by atoms with E-state index in [2.05, 4.69) is 21.0 Å². The molecule has 1 fully saturated rings. The average Bonchev–Trinajstić information content (AvgIpc) is 2.95. The van der Waals surface area contributed by atoms with Crippen molar-refractivity contribution in [1.29, 1.82) is 0 Å². The van der Waals surface area contributed by atoms with Crippen LogP contribution in [0.1, 0.15) is 21.6 Å². The van der Waals surface area contributed by atoms with Crippen LogP contribution in [-0.2, 0) is 13.6 Å². The second-order valence-corrected chi connectivity index (χ2v) is 7.64. The van der Waals surface area contributed by atoms with Crippen molar-refractivity contribution in [3.8, 4) is 0 Å². The number of aromatic nitrogens is 3. The number of nitrogens with one attached hydrogen (secondary N) is 1. The van der Waals surface area contributed by atoms with Gasteiger partial charge in [0.25, 0.3) is 11.5 Å². The summed E-state index contributed by atoms with van der Waals surface area (Å²) in [5.41, 5.74) is 2.52. The largest absolute Gasteiger partial charge is 0.336 e. The van der Waals surface area contributed by atoms with E-state index in [1.165, 1.54) is 0 Å². The van der Waals surface area contributed by atoms with Crippen molar-refractivity contribution >= 4 is 28.5 Å². The summed E-state index contributed by atoms with van der Waals surface area (Å²) in [6.45, 7) is 5.42. The Bertz CT molecular complexity index is 1100. The molecule has 2 aromatic heterocycles. The highest BCUT2D eigenvalue weighted by atomic mass is 35.5. The molecule has 1 saturated heterocycles. The number of aryl methyl sites for hydroxylation is 2. The van der Waals surface area contributed by atoms with E-state index in [-0.39, 0.29) is 11.5 Å². The molecule has 1 aliphatic rings. The molecule has 3 heterocycles. The van der Waals surface area contributed by atoms with E-state index in [4.69, 9.17) is 11.6 Å². The van der Waals surface area contributed by atoms with Crippen LogP contribution in [0.2, 0.25) is 5.02 Å². The highest BCUT2D eigenvalue weighted by Gasteiger charge is 2.25. The second-order valence-electron chi connectivity index (χ2n) is 7.21. The van der Waals surface area contributed by atoms with Crippen molar-refractivity contribution in [1.82, 2.24) is 24.6 Å². The van der Waals surface area contributed by atoms with Crippen molar-refractivity contribution < 1.29 is 4.79 Å². The Morgan fingerprint density at radius 1 is 1.21 bits per heavy atom. The number of carbonyl (C=O) groups is 1. The van der Waals surface area contributed by atoms with Crippen molar-refractivity contribution in [2.45, 2.75) is 13.5 Å². The minimum absolute atomic E-state index is 0.116. The second kappa shape index (κ2) is 7.41. The molecular formula is C20H22ClN5O2. The summed E-state index contributed by atoms with van der Waals surface area (Å²) in [6.07, 6.45) is 0. The zero-order valence-electron chi connectivity index (χ0n) is 15.9. The normalized spacial score (nSPS) is 15.3. The summed E-state index contributed by atoms with van der Waals surface area (Å²) >= 11 is 6.06. The number of fused-ring (bicyclic) bond motifs is 1. The molecule has 1 amide bonds. The Morgan fingerprint density at radius 2 is 1.96 bits per heavy atom. The van der Waals surface area contributed by atoms with Gasteiger partial charge in [0.05, 0.1) is 10.9 Å². The first-order chi connectivity index (χ1) is 13.4. The Balaban J connectivity index is 1.50. The number of rotatable bonds is 3. The lowest BCUT2D eigenvalue weighted by molar-refractivity contribution is 0.0630. The van der Waals surface area contributed by atoms with E-state index >= 15 is 0 Å². The molecule has 28 heavy (non-hydrogen) atoms. The number of benzene rings is 1. The van der Waals surface area contributed by atoms with Gasteiger partial charge in [-0.3, -0.25) is 24.3 Å². The van der Waals surface area contributed by atoms with Gasteiger partial charge in [0.15, 0.2) is 5.65 Å². The van der Waals surface area contributed by atoms with Gasteiger partial charge in [-0.05, 0) is 30.7 Å². The number of aromatic amines is 1. The summed E-state index contributed by atoms with van der Waals surface area (Å²) in [7, 11) is 1.72. The molecule has 4 rings (SSSR count). The number of pyridine rings is 1. The first-order valence-electron chi connectivity index (χ1n) is 9.25. The third-order valence-corrected chi connectivity index (χ3v) is 5.36. The zero-order chi connectivity index (χ0) is 19.8. The van der Waals surface area contributed by atoms with Crippen LogP contribution in [0, 0.1) is 6.92 Å². The van der Waals surface area contributed by atoms with E-state index in [1.54, 1.807) is 17.8 Å². The van der Waals surface area contributed by atoms with Crippen LogP contribution in [0.5, 0.6) is 0 Å². The first kappa shape index (κ1) is 18.7. The molecule has 0 radical (unpaired) electrons. The molecule has 0 atom stereocenters. The van der Waals surface area contributed by atoms with Crippen molar-refractivity contribution in [2.75, 3.05) is 26.2 Å². The lowest BCUT2D eigenvalue weighted by Gasteiger charge is -2.35. The van der Waals surface area contributed by atoms with Gasteiger partial charge in [0.1, 0.15) is 0 Å². The number of nitrogens with zero attached hydrogens (tertiary/aromatic N) is 4. The monoisotopic (exact) mass is 399 g/mol. The van der Waals surface area contributed by atoms with Gasteiger partial charge in [-0.1, -0.05) is 23.7 Å². The molecule has 0 bridgehead atoms. The van der Waals surface area contributed by atoms with E-state index in [1.807, 2.05) is 30.0 Å². The van der Waals surface area contributed by atoms with Crippen LogP contribution in [0.25, 0.3) is 11.0 Å². The molecule has 146 valence electrons. The minimum Gasteiger partial charge on any atom is -0.336 e. The molecule has 0 saturated carbocycles. The lowest BCUT2D eigenvalue weighted by atomic mass is 10.1. The highest BCUT2D eigenvalue weighted by Crippen LogP contribution is 2.19. The SMILES string of the molecule is Cc1cc(C(=O)N2CCN(Cc3cccc(Cl)c3)CC2)c2c(=O)[nH]n(C)c2n1. The van der Waals surface area contributed by atoms with Gasteiger partial charge in [-0.15, -0.1) is 0 Å². The van der Waals surface area contributed by atoms with Crippen LogP contribution in [-0.4, -0.2) is 56.7 Å². The number of carbonyl (C=O) groups excluding carboxylic acids is 1. The summed E-state index contributed by atoms with van der Waals surface area (Å²) in [5.74, 6) is -0.116. The Hall–Kier alpha value is -2.64. The predicted octanol–water partition coefficient (Wildman–Crippen LogP) is 2.18. The number of H-pyrrole nitrogens is 1. The van der Waals surface area contributed by atoms with Crippen LogP contribution < -0.4 is 5.56 Å². The number of hydrogen-bond acceptors (Lipinski definition) is 4. The number of hydrogen-bond donors (Lipinski definition) is 1. The maximum Gasteiger partial charge on any atom is 0.274 e. The fraction of sp³-hybridized carbons (Fsp3) is 0.350. The van der Waals surface area contributed by atoms with Gasteiger partial charge in [-0.25, -0.2) is 4.98 Å². The van der Waals surface area contributed by atoms with Gasteiger partial charge in [0.2, 0.25) is 0 Å². The molecular weight excluding hydrogens is 378 g/mol. The summed E-state index contributed by atoms with van der Waals surface area (Å²) < 4.78 is 1.56. The Kier molecular flexibility index (Phi) is 4.95. The predicted molar refractivity (Wildman–Crippen MR) is 109 cm³/mol. The van der Waals surface area contributed by atoms with Crippen molar-refractivity contribution in [3.05, 3.63) is 62.5 Å². The van der Waals surface area contributed by atoms with Gasteiger partial charge in [-0.2, -0.15) is 0 Å². The smallest absolute Gasteiger partial charge is 0.274 e. The Morgan fingerprint density at radius 3 is 2.68 bits per heavy atom. The Labute approximate surface area is 167 Å². The van der Waals surface area contributed by atoms with Crippen LogP contribution in [0.15, 0.2) is 35.1 Å². The number of amides is 1. The summed E-state index contributed by atoms with van der Waals surface area (Å²) in [6, 6.07) is 9.55. The van der Waals surface area contributed by atoms with Gasteiger partial charge in [0, 0.05) is 50.5 Å². The third-order valence-electron chi connectivity index (χ3n) is 5.13. The van der Waals surface area contributed by atoms with Crippen molar-refractivity contribution in [3.63, 3.8) is 0 Å². The quantitative estimate of drug-likeness (QED) is 0.732. The average molecular weight is 400 g/mol. The molecule has 0 spiro atoms. The summed E-state index contributed by atoms with van der Waals surface area (Å²) in [5, 5.41) is 3.78. The number of piperazine rings is 1. The maximum atomic E-state index is 13.1. The standard InChI is InChI=1S/C20H22ClN5O2/c1-13-10-16(17-18(22-13)24(2)23-19(17)27)20(28)26-8-6-25(7-9-26)12-14-4-3-5-15(21)11-14/h3-5,10-11H,6-9,12H2,1-2H3,(H,23,27). The maximum absolute atomic E-state index is 13.1. The zero-order valence-corrected chi connectivity index (χ0v) is 16.7. The van der Waals surface area contributed by atoms with E-state index in [9.17, 15) is 9.59 Å². The van der Waals surface area contributed by atoms with Crippen molar-refractivity contribution in [2.24, 2.45) is 7.05 Å². The summed E-state index contributed by atoms with van der Waals surface area (Å²) in [4.78, 5) is 33.9. The fourth-order valence-electron chi connectivity index (χ4n) is 3.73. The van der Waals surface area contributed by atoms with Crippen LogP contribution in [0.3, 0.4) is 0 Å². The van der Waals surface area contributed by atoms with Crippen LogP contribution >= 0.6 is 11.6 Å².